The Labute approximate surface area is 144 Å². The van der Waals surface area contributed by atoms with Crippen molar-refractivity contribution in [2.75, 3.05) is 11.9 Å². The lowest BCUT2D eigenvalue weighted by Crippen LogP contribution is -2.13. The summed E-state index contributed by atoms with van der Waals surface area (Å²) in [4.78, 5) is 23.9. The minimum absolute atomic E-state index is 0.210. The smallest absolute Gasteiger partial charge is 0.338 e. The quantitative estimate of drug-likeness (QED) is 0.786. The van der Waals surface area contributed by atoms with E-state index in [1.807, 2.05) is 6.92 Å². The lowest BCUT2D eigenvalue weighted by atomic mass is 10.2. The van der Waals surface area contributed by atoms with Gasteiger partial charge in [-0.05, 0) is 42.8 Å². The SMILES string of the molecule is CCCOC(=O)c1ccc(NC(=O)c2c(Cl)cccc2Cl)cc1. The number of hydrogen-bond acceptors (Lipinski definition) is 3. The maximum Gasteiger partial charge on any atom is 0.338 e. The second-order valence-electron chi connectivity index (χ2n) is 4.76. The van der Waals surface area contributed by atoms with Gasteiger partial charge in [-0.15, -0.1) is 0 Å². The van der Waals surface area contributed by atoms with Crippen LogP contribution in [-0.4, -0.2) is 18.5 Å². The maximum absolute atomic E-state index is 12.2. The zero-order chi connectivity index (χ0) is 16.8. The first-order chi connectivity index (χ1) is 11.0. The van der Waals surface area contributed by atoms with Crippen molar-refractivity contribution >= 4 is 40.8 Å². The van der Waals surface area contributed by atoms with Gasteiger partial charge in [0, 0.05) is 5.69 Å². The number of esters is 1. The Kier molecular flexibility index (Phi) is 6.02. The molecule has 0 saturated carbocycles. The topological polar surface area (TPSA) is 55.4 Å². The van der Waals surface area contributed by atoms with Crippen LogP contribution in [-0.2, 0) is 4.74 Å². The van der Waals surface area contributed by atoms with Crippen molar-refractivity contribution in [3.8, 4) is 0 Å². The summed E-state index contributed by atoms with van der Waals surface area (Å²) in [6, 6.07) is 11.3. The Balaban J connectivity index is 2.09. The molecule has 2 aromatic rings. The van der Waals surface area contributed by atoms with Gasteiger partial charge in [0.25, 0.3) is 5.91 Å². The normalized spacial score (nSPS) is 10.2. The van der Waals surface area contributed by atoms with E-state index in [0.29, 0.717) is 17.9 Å². The average molecular weight is 352 g/mol. The van der Waals surface area contributed by atoms with Crippen LogP contribution in [0.2, 0.25) is 10.0 Å². The Hall–Kier alpha value is -2.04. The highest BCUT2D eigenvalue weighted by Crippen LogP contribution is 2.25. The number of ether oxygens (including phenoxy) is 1. The van der Waals surface area contributed by atoms with Crippen LogP contribution < -0.4 is 5.32 Å². The van der Waals surface area contributed by atoms with Gasteiger partial charge < -0.3 is 10.1 Å². The number of halogens is 2. The predicted octanol–water partition coefficient (Wildman–Crippen LogP) is 4.81. The highest BCUT2D eigenvalue weighted by molar-refractivity contribution is 6.40. The molecule has 0 aliphatic carbocycles. The van der Waals surface area contributed by atoms with E-state index >= 15 is 0 Å². The lowest BCUT2D eigenvalue weighted by molar-refractivity contribution is 0.0505. The fourth-order valence-corrected chi connectivity index (χ4v) is 2.45. The highest BCUT2D eigenvalue weighted by Gasteiger charge is 2.15. The molecule has 1 N–H and O–H groups in total. The first kappa shape index (κ1) is 17.3. The number of anilines is 1. The summed E-state index contributed by atoms with van der Waals surface area (Å²) in [6.07, 6.45) is 0.762. The van der Waals surface area contributed by atoms with E-state index in [-0.39, 0.29) is 21.6 Å². The van der Waals surface area contributed by atoms with Gasteiger partial charge in [0.15, 0.2) is 0 Å². The number of hydrogen-bond donors (Lipinski definition) is 1. The van der Waals surface area contributed by atoms with E-state index in [1.165, 1.54) is 0 Å². The molecule has 0 spiro atoms. The Bertz CT molecular complexity index is 694. The summed E-state index contributed by atoms with van der Waals surface area (Å²) < 4.78 is 5.04. The van der Waals surface area contributed by atoms with E-state index < -0.39 is 5.91 Å². The monoisotopic (exact) mass is 351 g/mol. The number of carbonyl (C=O) groups excluding carboxylic acids is 2. The number of benzene rings is 2. The Morgan fingerprint density at radius 2 is 1.65 bits per heavy atom. The number of amides is 1. The molecular formula is C17H15Cl2NO3. The van der Waals surface area contributed by atoms with E-state index in [1.54, 1.807) is 42.5 Å². The Morgan fingerprint density at radius 1 is 1.04 bits per heavy atom. The van der Waals surface area contributed by atoms with Gasteiger partial charge >= 0.3 is 5.97 Å². The second kappa shape index (κ2) is 7.99. The van der Waals surface area contributed by atoms with Crippen LogP contribution in [0.15, 0.2) is 42.5 Å². The van der Waals surface area contributed by atoms with Crippen molar-refractivity contribution < 1.29 is 14.3 Å². The fourth-order valence-electron chi connectivity index (χ4n) is 1.88. The van der Waals surface area contributed by atoms with Crippen LogP contribution in [0.5, 0.6) is 0 Å². The van der Waals surface area contributed by atoms with Crippen LogP contribution in [0.25, 0.3) is 0 Å². The van der Waals surface area contributed by atoms with Crippen molar-refractivity contribution in [2.45, 2.75) is 13.3 Å². The molecule has 0 aliphatic heterocycles. The highest BCUT2D eigenvalue weighted by atomic mass is 35.5. The first-order valence-electron chi connectivity index (χ1n) is 7.05. The summed E-state index contributed by atoms with van der Waals surface area (Å²) in [5.74, 6) is -0.805. The molecule has 0 atom stereocenters. The minimum atomic E-state index is -0.415. The van der Waals surface area contributed by atoms with E-state index in [0.717, 1.165) is 6.42 Å². The molecule has 0 fully saturated rings. The zero-order valence-electron chi connectivity index (χ0n) is 12.4. The van der Waals surface area contributed by atoms with E-state index in [2.05, 4.69) is 5.32 Å². The standard InChI is InChI=1S/C17H15Cl2NO3/c1-2-10-23-17(22)11-6-8-12(9-7-11)20-16(21)15-13(18)4-3-5-14(15)19/h3-9H,2,10H2,1H3,(H,20,21). The molecule has 2 rings (SSSR count). The first-order valence-corrected chi connectivity index (χ1v) is 7.81. The lowest BCUT2D eigenvalue weighted by Gasteiger charge is -2.09. The molecule has 0 aliphatic rings. The molecule has 2 aromatic carbocycles. The van der Waals surface area contributed by atoms with Crippen LogP contribution in [0.1, 0.15) is 34.1 Å². The second-order valence-corrected chi connectivity index (χ2v) is 5.58. The average Bonchev–Trinajstić information content (AvgIpc) is 2.53. The third-order valence-electron chi connectivity index (χ3n) is 3.01. The molecule has 6 heteroatoms. The van der Waals surface area contributed by atoms with Gasteiger partial charge in [-0.25, -0.2) is 4.79 Å². The molecule has 0 bridgehead atoms. The van der Waals surface area contributed by atoms with Crippen molar-refractivity contribution in [3.05, 3.63) is 63.6 Å². The van der Waals surface area contributed by atoms with Crippen LogP contribution in [0, 0.1) is 0 Å². The molecule has 0 aromatic heterocycles. The van der Waals surface area contributed by atoms with E-state index in [9.17, 15) is 9.59 Å². The van der Waals surface area contributed by atoms with Crippen LogP contribution >= 0.6 is 23.2 Å². The molecule has 1 amide bonds. The molecule has 4 nitrogen and oxygen atoms in total. The fraction of sp³-hybridized carbons (Fsp3) is 0.176. The van der Waals surface area contributed by atoms with Gasteiger partial charge in [0.05, 0.1) is 27.8 Å². The van der Waals surface area contributed by atoms with Crippen molar-refractivity contribution in [3.63, 3.8) is 0 Å². The van der Waals surface area contributed by atoms with Crippen molar-refractivity contribution in [2.24, 2.45) is 0 Å². The van der Waals surface area contributed by atoms with Gasteiger partial charge in [0.2, 0.25) is 0 Å². The molecule has 23 heavy (non-hydrogen) atoms. The molecule has 0 radical (unpaired) electrons. The third-order valence-corrected chi connectivity index (χ3v) is 3.64. The zero-order valence-corrected chi connectivity index (χ0v) is 13.9. The molecular weight excluding hydrogens is 337 g/mol. The third kappa shape index (κ3) is 4.47. The van der Waals surface area contributed by atoms with Crippen LogP contribution in [0.3, 0.4) is 0 Å². The van der Waals surface area contributed by atoms with Gasteiger partial charge in [-0.3, -0.25) is 4.79 Å². The summed E-state index contributed by atoms with van der Waals surface area (Å²) in [6.45, 7) is 2.30. The molecule has 120 valence electrons. The minimum Gasteiger partial charge on any atom is -0.462 e. The predicted molar refractivity (Wildman–Crippen MR) is 91.4 cm³/mol. The molecule has 0 heterocycles. The summed E-state index contributed by atoms with van der Waals surface area (Å²) in [5, 5.41) is 3.24. The summed E-state index contributed by atoms with van der Waals surface area (Å²) in [5.41, 5.74) is 1.16. The molecule has 0 unspecified atom stereocenters. The van der Waals surface area contributed by atoms with Gasteiger partial charge in [-0.1, -0.05) is 36.2 Å². The van der Waals surface area contributed by atoms with Crippen molar-refractivity contribution in [1.29, 1.82) is 0 Å². The summed E-state index contributed by atoms with van der Waals surface area (Å²) >= 11 is 12.0. The van der Waals surface area contributed by atoms with Crippen LogP contribution in [0.4, 0.5) is 5.69 Å². The maximum atomic E-state index is 12.2. The van der Waals surface area contributed by atoms with Crippen molar-refractivity contribution in [1.82, 2.24) is 0 Å². The number of rotatable bonds is 5. The van der Waals surface area contributed by atoms with Gasteiger partial charge in [0.1, 0.15) is 0 Å². The summed E-state index contributed by atoms with van der Waals surface area (Å²) in [7, 11) is 0. The largest absolute Gasteiger partial charge is 0.462 e. The Morgan fingerprint density at radius 3 is 2.22 bits per heavy atom. The number of carbonyl (C=O) groups is 2. The molecule has 0 saturated heterocycles. The number of nitrogens with one attached hydrogen (secondary N) is 1. The van der Waals surface area contributed by atoms with Gasteiger partial charge in [-0.2, -0.15) is 0 Å². The van der Waals surface area contributed by atoms with E-state index in [4.69, 9.17) is 27.9 Å².